The number of nitrogens with one attached hydrogen (secondary N) is 2. The van der Waals surface area contributed by atoms with Crippen LogP contribution in [0.3, 0.4) is 0 Å². The molecule has 0 aliphatic heterocycles. The van der Waals surface area contributed by atoms with Crippen LogP contribution in [0.15, 0.2) is 107 Å². The van der Waals surface area contributed by atoms with Gasteiger partial charge in [0.05, 0.1) is 12.8 Å². The smallest absolute Gasteiger partial charge is 0.259 e. The quantitative estimate of drug-likeness (QED) is 0.203. The molecule has 1 amide bonds. The lowest BCUT2D eigenvalue weighted by Gasteiger charge is -2.09. The Morgan fingerprint density at radius 1 is 0.882 bits per heavy atom. The molecule has 0 atom stereocenters. The fourth-order valence-electron chi connectivity index (χ4n) is 4.09. The molecule has 0 radical (unpaired) electrons. The molecule has 168 valence electrons. The molecule has 1 aromatic heterocycles. The van der Waals surface area contributed by atoms with Gasteiger partial charge in [0.25, 0.3) is 5.91 Å². The standard InChI is InChI=1S/C28H23BrN4O/c29-23-12-14-24(15-13-23)30-17-28(34)32-31-16-22-19-33(27-11-4-3-10-26(22)27)18-21-8-5-7-20-6-1-2-9-25(20)21/h1-16,19,30H,17-18H2,(H,32,34)/b31-16-. The van der Waals surface area contributed by atoms with Crippen LogP contribution in [0.5, 0.6) is 0 Å². The van der Waals surface area contributed by atoms with Crippen molar-refractivity contribution in [1.82, 2.24) is 9.99 Å². The first-order valence-electron chi connectivity index (χ1n) is 11.0. The van der Waals surface area contributed by atoms with Crippen LogP contribution in [0.4, 0.5) is 5.69 Å². The number of fused-ring (bicyclic) bond motifs is 2. The van der Waals surface area contributed by atoms with E-state index >= 15 is 0 Å². The average Bonchev–Trinajstić information content (AvgIpc) is 3.21. The van der Waals surface area contributed by atoms with Crippen molar-refractivity contribution in [3.63, 3.8) is 0 Å². The van der Waals surface area contributed by atoms with Crippen LogP contribution in [-0.4, -0.2) is 23.2 Å². The monoisotopic (exact) mass is 510 g/mol. The number of nitrogens with zero attached hydrogens (tertiary/aromatic N) is 2. The minimum atomic E-state index is -0.210. The number of aromatic nitrogens is 1. The minimum absolute atomic E-state index is 0.141. The molecule has 0 spiro atoms. The second-order valence-corrected chi connectivity index (χ2v) is 8.94. The third-order valence-electron chi connectivity index (χ3n) is 5.73. The Morgan fingerprint density at radius 2 is 1.62 bits per heavy atom. The number of carbonyl (C=O) groups is 1. The SMILES string of the molecule is O=C(CNc1ccc(Br)cc1)N/N=C\c1cn(Cc2cccc3ccccc23)c2ccccc12. The Morgan fingerprint density at radius 3 is 2.47 bits per heavy atom. The number of hydrogen-bond donors (Lipinski definition) is 2. The third kappa shape index (κ3) is 4.87. The van der Waals surface area contributed by atoms with Crippen molar-refractivity contribution < 1.29 is 4.79 Å². The summed E-state index contributed by atoms with van der Waals surface area (Å²) >= 11 is 3.40. The number of hydrogen-bond acceptors (Lipinski definition) is 3. The normalized spacial score (nSPS) is 11.3. The highest BCUT2D eigenvalue weighted by Crippen LogP contribution is 2.24. The topological polar surface area (TPSA) is 58.4 Å². The molecule has 0 saturated carbocycles. The Hall–Kier alpha value is -3.90. The summed E-state index contributed by atoms with van der Waals surface area (Å²) < 4.78 is 3.22. The van der Waals surface area contributed by atoms with E-state index in [1.54, 1.807) is 6.21 Å². The van der Waals surface area contributed by atoms with Gasteiger partial charge in [0.1, 0.15) is 0 Å². The zero-order chi connectivity index (χ0) is 23.3. The molecular weight excluding hydrogens is 488 g/mol. The molecule has 34 heavy (non-hydrogen) atoms. The molecule has 5 aromatic rings. The fourth-order valence-corrected chi connectivity index (χ4v) is 4.35. The van der Waals surface area contributed by atoms with E-state index in [4.69, 9.17) is 0 Å². The van der Waals surface area contributed by atoms with Crippen LogP contribution in [0, 0.1) is 0 Å². The van der Waals surface area contributed by atoms with Gasteiger partial charge in [0.2, 0.25) is 0 Å². The average molecular weight is 511 g/mol. The highest BCUT2D eigenvalue weighted by molar-refractivity contribution is 9.10. The van der Waals surface area contributed by atoms with Crippen molar-refractivity contribution in [2.75, 3.05) is 11.9 Å². The van der Waals surface area contributed by atoms with E-state index in [9.17, 15) is 4.79 Å². The van der Waals surface area contributed by atoms with Crippen LogP contribution in [0.2, 0.25) is 0 Å². The molecule has 5 rings (SSSR count). The summed E-state index contributed by atoms with van der Waals surface area (Å²) in [5.74, 6) is -0.210. The highest BCUT2D eigenvalue weighted by Gasteiger charge is 2.09. The van der Waals surface area contributed by atoms with E-state index in [-0.39, 0.29) is 12.5 Å². The Bertz CT molecular complexity index is 1480. The van der Waals surface area contributed by atoms with Crippen molar-refractivity contribution in [2.24, 2.45) is 5.10 Å². The number of rotatable bonds is 7. The summed E-state index contributed by atoms with van der Waals surface area (Å²) in [5.41, 5.74) is 6.82. The van der Waals surface area contributed by atoms with Gasteiger partial charge in [0, 0.05) is 39.4 Å². The van der Waals surface area contributed by atoms with Gasteiger partial charge >= 0.3 is 0 Å². The Balaban J connectivity index is 1.31. The number of halogens is 1. The Kier molecular flexibility index (Phi) is 6.40. The predicted octanol–water partition coefficient (Wildman–Crippen LogP) is 6.17. The maximum atomic E-state index is 12.2. The van der Waals surface area contributed by atoms with Gasteiger partial charge in [-0.2, -0.15) is 5.10 Å². The maximum Gasteiger partial charge on any atom is 0.259 e. The molecule has 4 aromatic carbocycles. The van der Waals surface area contributed by atoms with E-state index in [1.807, 2.05) is 36.4 Å². The molecule has 6 heteroatoms. The van der Waals surface area contributed by atoms with Crippen LogP contribution in [0.25, 0.3) is 21.7 Å². The number of hydrazone groups is 1. The lowest BCUT2D eigenvalue weighted by molar-refractivity contribution is -0.119. The summed E-state index contributed by atoms with van der Waals surface area (Å²) in [7, 11) is 0. The molecular formula is C28H23BrN4O. The van der Waals surface area contributed by atoms with Crippen LogP contribution >= 0.6 is 15.9 Å². The highest BCUT2D eigenvalue weighted by atomic mass is 79.9. The molecule has 0 aliphatic carbocycles. The van der Waals surface area contributed by atoms with Crippen molar-refractivity contribution in [3.8, 4) is 0 Å². The molecule has 2 N–H and O–H groups in total. The summed E-state index contributed by atoms with van der Waals surface area (Å²) in [6.07, 6.45) is 3.79. The summed E-state index contributed by atoms with van der Waals surface area (Å²) in [6, 6.07) is 30.8. The van der Waals surface area contributed by atoms with Crippen molar-refractivity contribution in [3.05, 3.63) is 113 Å². The number of carbonyl (C=O) groups excluding carboxylic acids is 1. The number of anilines is 1. The van der Waals surface area contributed by atoms with Gasteiger partial charge < -0.3 is 9.88 Å². The first kappa shape index (κ1) is 21.9. The van der Waals surface area contributed by atoms with E-state index < -0.39 is 0 Å². The number of amides is 1. The number of benzene rings is 4. The van der Waals surface area contributed by atoms with Gasteiger partial charge in [-0.1, -0.05) is 76.6 Å². The molecule has 0 fully saturated rings. The zero-order valence-electron chi connectivity index (χ0n) is 18.4. The lowest BCUT2D eigenvalue weighted by Crippen LogP contribution is -2.25. The van der Waals surface area contributed by atoms with Gasteiger partial charge in [0.15, 0.2) is 0 Å². The van der Waals surface area contributed by atoms with E-state index in [2.05, 4.69) is 97.1 Å². The van der Waals surface area contributed by atoms with Gasteiger partial charge in [-0.25, -0.2) is 5.43 Å². The van der Waals surface area contributed by atoms with Crippen molar-refractivity contribution in [1.29, 1.82) is 0 Å². The maximum absolute atomic E-state index is 12.2. The van der Waals surface area contributed by atoms with E-state index in [0.29, 0.717) is 0 Å². The molecule has 0 saturated heterocycles. The first-order valence-corrected chi connectivity index (χ1v) is 11.8. The van der Waals surface area contributed by atoms with Gasteiger partial charge in [-0.3, -0.25) is 4.79 Å². The molecule has 0 aliphatic rings. The molecule has 1 heterocycles. The van der Waals surface area contributed by atoms with Crippen molar-refractivity contribution in [2.45, 2.75) is 6.54 Å². The lowest BCUT2D eigenvalue weighted by atomic mass is 10.0. The third-order valence-corrected chi connectivity index (χ3v) is 6.26. The summed E-state index contributed by atoms with van der Waals surface area (Å²) in [4.78, 5) is 12.2. The second-order valence-electron chi connectivity index (χ2n) is 8.02. The van der Waals surface area contributed by atoms with Gasteiger partial charge in [-0.15, -0.1) is 0 Å². The van der Waals surface area contributed by atoms with E-state index in [1.165, 1.54) is 16.3 Å². The summed E-state index contributed by atoms with van der Waals surface area (Å²) in [6.45, 7) is 0.890. The van der Waals surface area contributed by atoms with Crippen LogP contribution < -0.4 is 10.7 Å². The van der Waals surface area contributed by atoms with Crippen LogP contribution in [0.1, 0.15) is 11.1 Å². The predicted molar refractivity (Wildman–Crippen MR) is 143 cm³/mol. The van der Waals surface area contributed by atoms with E-state index in [0.717, 1.165) is 33.2 Å². The van der Waals surface area contributed by atoms with Crippen LogP contribution in [-0.2, 0) is 11.3 Å². The number of para-hydroxylation sites is 1. The van der Waals surface area contributed by atoms with Gasteiger partial charge in [-0.05, 0) is 46.7 Å². The molecule has 5 nitrogen and oxygen atoms in total. The minimum Gasteiger partial charge on any atom is -0.376 e. The first-order chi connectivity index (χ1) is 16.7. The second kappa shape index (κ2) is 9.93. The van der Waals surface area contributed by atoms with Crippen molar-refractivity contribution >= 4 is 55.4 Å². The molecule has 0 bridgehead atoms. The Labute approximate surface area is 206 Å². The fraction of sp³-hybridized carbons (Fsp3) is 0.0714. The molecule has 0 unspecified atom stereocenters. The summed E-state index contributed by atoms with van der Waals surface area (Å²) in [5, 5.41) is 10.9. The largest absolute Gasteiger partial charge is 0.376 e. The zero-order valence-corrected chi connectivity index (χ0v) is 20.0.